The number of rotatable bonds is 6. The van der Waals surface area contributed by atoms with E-state index in [1.54, 1.807) is 20.8 Å². The third-order valence-electron chi connectivity index (χ3n) is 2.85. The number of carboxylic acid groups (broad SMARTS) is 1. The summed E-state index contributed by atoms with van der Waals surface area (Å²) in [6.07, 6.45) is -5.50. The van der Waals surface area contributed by atoms with Crippen LogP contribution in [0.1, 0.15) is 31.9 Å². The number of hydrogen-bond donors (Lipinski definition) is 2. The summed E-state index contributed by atoms with van der Waals surface area (Å²) in [6.45, 7) is 3.85. The number of carboxylic acids is 1. The maximum atomic E-state index is 12.9. The normalized spacial score (nSPS) is 13.2. The highest BCUT2D eigenvalue weighted by atomic mass is 19.4. The molecule has 0 heterocycles. The topological polar surface area (TPSA) is 84.9 Å². The molecule has 0 bridgehead atoms. The molecule has 25 heavy (non-hydrogen) atoms. The van der Waals surface area contributed by atoms with Crippen LogP contribution in [-0.4, -0.2) is 35.4 Å². The Morgan fingerprint density at radius 3 is 2.32 bits per heavy atom. The van der Waals surface area contributed by atoms with Gasteiger partial charge in [0.25, 0.3) is 0 Å². The number of amides is 1. The fourth-order valence-electron chi connectivity index (χ4n) is 1.83. The molecule has 0 saturated heterocycles. The van der Waals surface area contributed by atoms with Gasteiger partial charge in [0.05, 0.1) is 18.8 Å². The van der Waals surface area contributed by atoms with Gasteiger partial charge in [0.2, 0.25) is 0 Å². The van der Waals surface area contributed by atoms with Crippen LogP contribution in [0.5, 0.6) is 0 Å². The minimum Gasteiger partial charge on any atom is -0.480 e. The van der Waals surface area contributed by atoms with Crippen LogP contribution in [0.15, 0.2) is 24.3 Å². The first-order valence-electron chi connectivity index (χ1n) is 7.35. The zero-order valence-corrected chi connectivity index (χ0v) is 14.0. The first kappa shape index (κ1) is 20.8. The number of hydrogen-bond acceptors (Lipinski definition) is 4. The molecule has 0 fully saturated rings. The molecule has 0 aliphatic rings. The van der Waals surface area contributed by atoms with Gasteiger partial charge in [-0.25, -0.2) is 9.59 Å². The highest BCUT2D eigenvalue weighted by molar-refractivity contribution is 5.80. The summed E-state index contributed by atoms with van der Waals surface area (Å²) < 4.78 is 48.6. The molecule has 0 spiro atoms. The lowest BCUT2D eigenvalue weighted by atomic mass is 10.1. The van der Waals surface area contributed by atoms with E-state index < -0.39 is 48.7 Å². The van der Waals surface area contributed by atoms with E-state index in [9.17, 15) is 22.8 Å². The molecule has 6 nitrogen and oxygen atoms in total. The summed E-state index contributed by atoms with van der Waals surface area (Å²) in [7, 11) is 0. The van der Waals surface area contributed by atoms with Crippen molar-refractivity contribution >= 4 is 12.1 Å². The molecule has 0 unspecified atom stereocenters. The predicted molar refractivity (Wildman–Crippen MR) is 81.9 cm³/mol. The fraction of sp³-hybridized carbons (Fsp3) is 0.500. The van der Waals surface area contributed by atoms with E-state index in [-0.39, 0.29) is 5.56 Å². The molecule has 1 atom stereocenters. The van der Waals surface area contributed by atoms with Crippen molar-refractivity contribution in [2.45, 2.75) is 45.2 Å². The maximum absolute atomic E-state index is 12.9. The molecule has 1 aromatic carbocycles. The molecule has 9 heteroatoms. The smallest absolute Gasteiger partial charge is 0.416 e. The predicted octanol–water partition coefficient (Wildman–Crippen LogP) is 3.20. The van der Waals surface area contributed by atoms with Crippen molar-refractivity contribution in [2.75, 3.05) is 6.61 Å². The van der Waals surface area contributed by atoms with E-state index in [0.717, 1.165) is 6.07 Å². The number of carbonyl (C=O) groups is 2. The van der Waals surface area contributed by atoms with Crippen molar-refractivity contribution in [2.24, 2.45) is 0 Å². The number of ether oxygens (including phenoxy) is 2. The van der Waals surface area contributed by atoms with Gasteiger partial charge in [-0.05, 0) is 32.4 Å². The molecule has 1 rings (SSSR count). The molecular weight excluding hydrogens is 343 g/mol. The second-order valence-corrected chi connectivity index (χ2v) is 6.21. The lowest BCUT2D eigenvalue weighted by Crippen LogP contribution is -2.46. The van der Waals surface area contributed by atoms with E-state index in [1.165, 1.54) is 18.2 Å². The summed E-state index contributed by atoms with van der Waals surface area (Å²) >= 11 is 0. The first-order valence-corrected chi connectivity index (χ1v) is 7.35. The minimum absolute atomic E-state index is 0.128. The van der Waals surface area contributed by atoms with Crippen LogP contribution in [0.25, 0.3) is 0 Å². The number of aliphatic carboxylic acids is 1. The molecule has 0 aliphatic heterocycles. The number of carbonyl (C=O) groups excluding carboxylic acids is 1. The highest BCUT2D eigenvalue weighted by Crippen LogP contribution is 2.32. The summed E-state index contributed by atoms with van der Waals surface area (Å²) in [5, 5.41) is 11.2. The van der Waals surface area contributed by atoms with Crippen molar-refractivity contribution in [3.05, 3.63) is 35.4 Å². The first-order chi connectivity index (χ1) is 11.4. The van der Waals surface area contributed by atoms with Gasteiger partial charge in [0, 0.05) is 0 Å². The van der Waals surface area contributed by atoms with Gasteiger partial charge in [0.15, 0.2) is 6.04 Å². The second-order valence-electron chi connectivity index (χ2n) is 6.21. The lowest BCUT2D eigenvalue weighted by molar-refractivity contribution is -0.142. The van der Waals surface area contributed by atoms with E-state index in [2.05, 4.69) is 5.32 Å². The standard InChI is InChI=1S/C16H20F3NO5/c1-15(2,3)25-14(23)20-12(13(21)22)9-24-8-10-6-4-5-7-11(10)16(17,18)19/h4-7,12H,8-9H2,1-3H3,(H,20,23)(H,21,22)/t12-/m1/s1. The van der Waals surface area contributed by atoms with Gasteiger partial charge in [0.1, 0.15) is 5.60 Å². The summed E-state index contributed by atoms with van der Waals surface area (Å²) in [5.74, 6) is -1.39. The van der Waals surface area contributed by atoms with Crippen molar-refractivity contribution in [3.63, 3.8) is 0 Å². The Hall–Kier alpha value is -2.29. The molecule has 0 aliphatic carbocycles. The molecule has 0 radical (unpaired) electrons. The number of alkyl halides is 3. The zero-order chi connectivity index (χ0) is 19.3. The van der Waals surface area contributed by atoms with E-state index in [1.807, 2.05) is 0 Å². The summed E-state index contributed by atoms with van der Waals surface area (Å²) in [4.78, 5) is 22.7. The average molecular weight is 363 g/mol. The Bertz CT molecular complexity index is 611. The van der Waals surface area contributed by atoms with Crippen LogP contribution in [-0.2, 0) is 27.1 Å². The van der Waals surface area contributed by atoms with E-state index in [0.29, 0.717) is 0 Å². The Labute approximate surface area is 142 Å². The van der Waals surface area contributed by atoms with Gasteiger partial charge in [-0.1, -0.05) is 18.2 Å². The summed E-state index contributed by atoms with van der Waals surface area (Å²) in [5.41, 5.74) is -1.81. The quantitative estimate of drug-likeness (QED) is 0.811. The van der Waals surface area contributed by atoms with Gasteiger partial charge in [-0.2, -0.15) is 13.2 Å². The van der Waals surface area contributed by atoms with Crippen LogP contribution in [0.2, 0.25) is 0 Å². The lowest BCUT2D eigenvalue weighted by Gasteiger charge is -2.22. The van der Waals surface area contributed by atoms with Crippen molar-refractivity contribution < 1.29 is 37.3 Å². The van der Waals surface area contributed by atoms with Gasteiger partial charge in [-0.3, -0.25) is 0 Å². The fourth-order valence-corrected chi connectivity index (χ4v) is 1.83. The van der Waals surface area contributed by atoms with E-state index in [4.69, 9.17) is 14.6 Å². The number of benzene rings is 1. The number of alkyl carbamates (subject to hydrolysis) is 1. The number of nitrogens with one attached hydrogen (secondary N) is 1. The average Bonchev–Trinajstić information content (AvgIpc) is 2.43. The van der Waals surface area contributed by atoms with Crippen molar-refractivity contribution in [1.29, 1.82) is 0 Å². The van der Waals surface area contributed by atoms with E-state index >= 15 is 0 Å². The van der Waals surface area contributed by atoms with Crippen LogP contribution >= 0.6 is 0 Å². The third kappa shape index (κ3) is 7.42. The monoisotopic (exact) mass is 363 g/mol. The highest BCUT2D eigenvalue weighted by Gasteiger charge is 2.33. The Morgan fingerprint density at radius 2 is 1.80 bits per heavy atom. The Morgan fingerprint density at radius 1 is 1.20 bits per heavy atom. The minimum atomic E-state index is -4.54. The third-order valence-corrected chi connectivity index (χ3v) is 2.85. The molecule has 140 valence electrons. The Balaban J connectivity index is 2.66. The summed E-state index contributed by atoms with van der Waals surface area (Å²) in [6, 6.07) is 3.36. The van der Waals surface area contributed by atoms with Crippen LogP contribution < -0.4 is 5.32 Å². The second kappa shape index (κ2) is 8.19. The SMILES string of the molecule is CC(C)(C)OC(=O)N[C@H](COCc1ccccc1C(F)(F)F)C(=O)O. The number of halogens is 3. The molecule has 0 saturated carbocycles. The molecular formula is C16H20F3NO5. The van der Waals surface area contributed by atoms with Crippen LogP contribution in [0, 0.1) is 0 Å². The molecule has 1 amide bonds. The Kier molecular flexibility index (Phi) is 6.80. The van der Waals surface area contributed by atoms with Crippen molar-refractivity contribution in [1.82, 2.24) is 5.32 Å². The van der Waals surface area contributed by atoms with Crippen molar-refractivity contribution in [3.8, 4) is 0 Å². The van der Waals surface area contributed by atoms with Gasteiger partial charge >= 0.3 is 18.2 Å². The largest absolute Gasteiger partial charge is 0.480 e. The molecule has 1 aromatic rings. The van der Waals surface area contributed by atoms with Crippen LogP contribution in [0.3, 0.4) is 0 Å². The zero-order valence-electron chi connectivity index (χ0n) is 14.0. The molecule has 2 N–H and O–H groups in total. The van der Waals surface area contributed by atoms with Gasteiger partial charge < -0.3 is 19.9 Å². The maximum Gasteiger partial charge on any atom is 0.416 e. The van der Waals surface area contributed by atoms with Gasteiger partial charge in [-0.15, -0.1) is 0 Å². The van der Waals surface area contributed by atoms with Crippen LogP contribution in [0.4, 0.5) is 18.0 Å². The molecule has 0 aromatic heterocycles.